The first-order valence-corrected chi connectivity index (χ1v) is 8.89. The van der Waals surface area contributed by atoms with Crippen molar-refractivity contribution in [2.24, 2.45) is 5.92 Å². The predicted molar refractivity (Wildman–Crippen MR) is 98.7 cm³/mol. The van der Waals surface area contributed by atoms with Crippen LogP contribution < -0.4 is 10.6 Å². The molecule has 0 spiro atoms. The van der Waals surface area contributed by atoms with E-state index in [0.717, 1.165) is 12.1 Å². The van der Waals surface area contributed by atoms with Gasteiger partial charge in [-0.2, -0.15) is 13.2 Å². The van der Waals surface area contributed by atoms with Crippen molar-refractivity contribution in [2.75, 3.05) is 13.2 Å². The highest BCUT2D eigenvalue weighted by Gasteiger charge is 2.29. The number of alkyl halides is 3. The molecule has 29 heavy (non-hydrogen) atoms. The van der Waals surface area contributed by atoms with Crippen molar-refractivity contribution >= 4 is 29.1 Å². The van der Waals surface area contributed by atoms with Gasteiger partial charge in [-0.1, -0.05) is 25.4 Å². The van der Waals surface area contributed by atoms with Crippen LogP contribution >= 0.6 is 11.6 Å². The summed E-state index contributed by atoms with van der Waals surface area (Å²) in [5.74, 6) is -1.70. The molecule has 0 aliphatic heterocycles. The van der Waals surface area contributed by atoms with Crippen molar-refractivity contribution in [2.45, 2.75) is 39.0 Å². The van der Waals surface area contributed by atoms with E-state index in [2.05, 4.69) is 15.4 Å². The highest BCUT2D eigenvalue weighted by atomic mass is 35.5. The molecule has 0 aliphatic rings. The number of amides is 2. The minimum atomic E-state index is -4.47. The van der Waals surface area contributed by atoms with Gasteiger partial charge in [0.25, 0.3) is 11.6 Å². The third-order valence-corrected chi connectivity index (χ3v) is 3.98. The van der Waals surface area contributed by atoms with Gasteiger partial charge in [-0.3, -0.25) is 19.7 Å². The summed E-state index contributed by atoms with van der Waals surface area (Å²) in [4.78, 5) is 34.9. The summed E-state index contributed by atoms with van der Waals surface area (Å²) in [5, 5.41) is 15.5. The number of benzene rings is 1. The van der Waals surface area contributed by atoms with Gasteiger partial charge in [0.1, 0.15) is 12.6 Å². The molecule has 1 aromatic rings. The normalized spacial score (nSPS) is 13.7. The van der Waals surface area contributed by atoms with Crippen LogP contribution in [-0.2, 0) is 9.53 Å². The maximum absolute atomic E-state index is 12.4. The Morgan fingerprint density at radius 3 is 2.34 bits per heavy atom. The van der Waals surface area contributed by atoms with Crippen molar-refractivity contribution < 1.29 is 32.4 Å². The number of nitro groups is 1. The molecule has 0 aromatic heterocycles. The highest BCUT2D eigenvalue weighted by molar-refractivity contribution is 6.34. The maximum Gasteiger partial charge on any atom is 0.411 e. The van der Waals surface area contributed by atoms with Crippen LogP contribution in [0.5, 0.6) is 0 Å². The lowest BCUT2D eigenvalue weighted by Gasteiger charge is -2.24. The smallest absolute Gasteiger partial charge is 0.370 e. The summed E-state index contributed by atoms with van der Waals surface area (Å²) >= 11 is 5.92. The summed E-state index contributed by atoms with van der Waals surface area (Å²) in [6, 6.07) is 1.54. The molecule has 2 amide bonds. The van der Waals surface area contributed by atoms with Crippen LogP contribution in [0, 0.1) is 16.0 Å². The van der Waals surface area contributed by atoms with Gasteiger partial charge in [0.15, 0.2) is 0 Å². The van der Waals surface area contributed by atoms with Gasteiger partial charge in [0.2, 0.25) is 5.91 Å². The second-order valence-corrected chi connectivity index (χ2v) is 7.06. The second-order valence-electron chi connectivity index (χ2n) is 6.66. The molecule has 0 saturated heterocycles. The van der Waals surface area contributed by atoms with Crippen molar-refractivity contribution in [1.29, 1.82) is 0 Å². The number of nitro benzene ring substituents is 1. The maximum atomic E-state index is 12.4. The average molecular weight is 440 g/mol. The molecule has 2 atom stereocenters. The van der Waals surface area contributed by atoms with Crippen molar-refractivity contribution in [3.63, 3.8) is 0 Å². The largest absolute Gasteiger partial charge is 0.411 e. The zero-order chi connectivity index (χ0) is 22.4. The summed E-state index contributed by atoms with van der Waals surface area (Å²) in [5.41, 5.74) is -0.352. The standard InChI is InChI=1S/C17H21ClF3N3O5/c1-9(2)14(16(26)22-10(3)7-29-8-17(19,20)21)23-15(25)12-5-4-11(24(27)28)6-13(12)18/h4-6,9-10,14H,7-8H2,1-3H3,(H,22,26)(H,23,25). The highest BCUT2D eigenvalue weighted by Crippen LogP contribution is 2.22. The number of hydrogen-bond donors (Lipinski definition) is 2. The Morgan fingerprint density at radius 1 is 1.24 bits per heavy atom. The summed E-state index contributed by atoms with van der Waals surface area (Å²) in [6.45, 7) is 2.98. The van der Waals surface area contributed by atoms with E-state index in [1.807, 2.05) is 0 Å². The lowest BCUT2D eigenvalue weighted by Crippen LogP contribution is -2.52. The first-order chi connectivity index (χ1) is 13.3. The minimum Gasteiger partial charge on any atom is -0.370 e. The van der Waals surface area contributed by atoms with E-state index >= 15 is 0 Å². The second kappa shape index (κ2) is 10.4. The molecule has 0 bridgehead atoms. The molecular formula is C17H21ClF3N3O5. The van der Waals surface area contributed by atoms with Crippen LogP contribution in [0.1, 0.15) is 31.1 Å². The number of halogens is 4. The molecule has 8 nitrogen and oxygen atoms in total. The lowest BCUT2D eigenvalue weighted by atomic mass is 10.0. The molecule has 0 radical (unpaired) electrons. The quantitative estimate of drug-likeness (QED) is 0.454. The fourth-order valence-corrected chi connectivity index (χ4v) is 2.54. The number of carbonyl (C=O) groups is 2. The molecule has 0 aliphatic carbocycles. The Hall–Kier alpha value is -2.40. The van der Waals surface area contributed by atoms with Gasteiger partial charge in [-0.05, 0) is 18.9 Å². The van der Waals surface area contributed by atoms with E-state index in [0.29, 0.717) is 0 Å². The lowest BCUT2D eigenvalue weighted by molar-refractivity contribution is -0.384. The molecule has 0 fully saturated rings. The number of nitrogens with one attached hydrogen (secondary N) is 2. The predicted octanol–water partition coefficient (Wildman–Crippen LogP) is 3.09. The molecular weight excluding hydrogens is 419 g/mol. The first kappa shape index (κ1) is 24.6. The number of ether oxygens (including phenoxy) is 1. The van der Waals surface area contributed by atoms with Gasteiger partial charge in [0, 0.05) is 18.2 Å². The van der Waals surface area contributed by atoms with Gasteiger partial charge < -0.3 is 15.4 Å². The fraction of sp³-hybridized carbons (Fsp3) is 0.529. The van der Waals surface area contributed by atoms with Crippen molar-refractivity contribution in [1.82, 2.24) is 10.6 Å². The van der Waals surface area contributed by atoms with Gasteiger partial charge in [-0.25, -0.2) is 0 Å². The summed E-state index contributed by atoms with van der Waals surface area (Å²) in [7, 11) is 0. The Balaban J connectivity index is 2.76. The zero-order valence-corrected chi connectivity index (χ0v) is 16.6. The number of non-ortho nitro benzene ring substituents is 1. The van der Waals surface area contributed by atoms with E-state index in [1.54, 1.807) is 13.8 Å². The third-order valence-electron chi connectivity index (χ3n) is 3.67. The van der Waals surface area contributed by atoms with Crippen molar-refractivity contribution in [3.05, 3.63) is 38.9 Å². The Kier molecular flexibility index (Phi) is 8.83. The van der Waals surface area contributed by atoms with E-state index in [4.69, 9.17) is 11.6 Å². The average Bonchev–Trinajstić information content (AvgIpc) is 2.57. The topological polar surface area (TPSA) is 111 Å². The zero-order valence-electron chi connectivity index (χ0n) is 15.9. The Bertz CT molecular complexity index is 758. The number of hydrogen-bond acceptors (Lipinski definition) is 5. The monoisotopic (exact) mass is 439 g/mol. The van der Waals surface area contributed by atoms with E-state index in [-0.39, 0.29) is 28.8 Å². The van der Waals surface area contributed by atoms with Gasteiger partial charge in [-0.15, -0.1) is 0 Å². The van der Waals surface area contributed by atoms with E-state index in [9.17, 15) is 32.9 Å². The van der Waals surface area contributed by atoms with E-state index < -0.39 is 41.6 Å². The molecule has 1 aromatic carbocycles. The summed E-state index contributed by atoms with van der Waals surface area (Å²) < 4.78 is 40.8. The van der Waals surface area contributed by atoms with Crippen LogP contribution in [0.2, 0.25) is 5.02 Å². The van der Waals surface area contributed by atoms with E-state index in [1.165, 1.54) is 13.0 Å². The van der Waals surface area contributed by atoms with Gasteiger partial charge in [0.05, 0.1) is 22.1 Å². The fourth-order valence-electron chi connectivity index (χ4n) is 2.28. The molecule has 2 N–H and O–H groups in total. The first-order valence-electron chi connectivity index (χ1n) is 8.51. The van der Waals surface area contributed by atoms with Crippen LogP contribution in [0.25, 0.3) is 0 Å². The van der Waals surface area contributed by atoms with Crippen LogP contribution in [0.15, 0.2) is 18.2 Å². The molecule has 12 heteroatoms. The number of rotatable bonds is 9. The molecule has 0 saturated carbocycles. The SMILES string of the molecule is CC(COCC(F)(F)F)NC(=O)C(NC(=O)c1ccc([N+](=O)[O-])cc1Cl)C(C)C. The third kappa shape index (κ3) is 8.24. The van der Waals surface area contributed by atoms with Crippen molar-refractivity contribution in [3.8, 4) is 0 Å². The molecule has 1 rings (SSSR count). The number of nitrogens with zero attached hydrogens (tertiary/aromatic N) is 1. The Morgan fingerprint density at radius 2 is 1.86 bits per heavy atom. The van der Waals surface area contributed by atoms with Crippen LogP contribution in [0.4, 0.5) is 18.9 Å². The molecule has 162 valence electrons. The molecule has 0 heterocycles. The van der Waals surface area contributed by atoms with Crippen LogP contribution in [-0.4, -0.2) is 48.2 Å². The summed E-state index contributed by atoms with van der Waals surface area (Å²) in [6.07, 6.45) is -4.47. The molecule has 2 unspecified atom stereocenters. The van der Waals surface area contributed by atoms with Crippen LogP contribution in [0.3, 0.4) is 0 Å². The minimum absolute atomic E-state index is 0.0581. The Labute approximate surface area is 169 Å². The van der Waals surface area contributed by atoms with Gasteiger partial charge >= 0.3 is 6.18 Å². The number of carbonyl (C=O) groups excluding carboxylic acids is 2.